The summed E-state index contributed by atoms with van der Waals surface area (Å²) in [5.74, 6) is -0.0987. The van der Waals surface area contributed by atoms with Crippen LogP contribution in [0.2, 0.25) is 0 Å². The Hall–Kier alpha value is -2.04. The highest BCUT2D eigenvalue weighted by Crippen LogP contribution is 2.24. The van der Waals surface area contributed by atoms with Crippen LogP contribution in [0.5, 0.6) is 0 Å². The Bertz CT molecular complexity index is 545. The van der Waals surface area contributed by atoms with Crippen molar-refractivity contribution in [2.45, 2.75) is 25.3 Å². The van der Waals surface area contributed by atoms with Crippen molar-refractivity contribution in [3.05, 3.63) is 24.3 Å². The van der Waals surface area contributed by atoms with E-state index < -0.39 is 12.0 Å². The summed E-state index contributed by atoms with van der Waals surface area (Å²) in [5.41, 5.74) is 1.82. The van der Waals surface area contributed by atoms with Gasteiger partial charge in [0.15, 0.2) is 0 Å². The van der Waals surface area contributed by atoms with E-state index >= 15 is 0 Å². The number of para-hydroxylation sites is 2. The average molecular weight is 245 g/mol. The quantitative estimate of drug-likeness (QED) is 0.849. The van der Waals surface area contributed by atoms with Gasteiger partial charge in [0.25, 0.3) is 0 Å². The molecule has 1 aliphatic heterocycles. The molecule has 18 heavy (non-hydrogen) atoms. The summed E-state index contributed by atoms with van der Waals surface area (Å²) in [6.07, 6.45) is 2.67. The van der Waals surface area contributed by atoms with Crippen LogP contribution in [0, 0.1) is 0 Å². The van der Waals surface area contributed by atoms with Gasteiger partial charge in [-0.1, -0.05) is 12.1 Å². The van der Waals surface area contributed by atoms with Gasteiger partial charge in [-0.2, -0.15) is 0 Å². The Balaban J connectivity index is 1.98. The minimum absolute atomic E-state index is 0.459. The normalized spacial score (nSPS) is 20.2. The second-order valence-corrected chi connectivity index (χ2v) is 4.62. The number of carboxylic acid groups (broad SMARTS) is 1. The van der Waals surface area contributed by atoms with Gasteiger partial charge in [-0.25, -0.2) is 9.78 Å². The van der Waals surface area contributed by atoms with Gasteiger partial charge in [-0.3, -0.25) is 0 Å². The number of aliphatic carboxylic acids is 1. The number of imidazole rings is 1. The molecule has 0 bridgehead atoms. The van der Waals surface area contributed by atoms with Crippen molar-refractivity contribution in [2.75, 3.05) is 11.4 Å². The molecule has 2 aromatic rings. The molecule has 2 heterocycles. The van der Waals surface area contributed by atoms with Gasteiger partial charge in [0, 0.05) is 6.54 Å². The second kappa shape index (κ2) is 4.33. The predicted molar refractivity (Wildman–Crippen MR) is 68.7 cm³/mol. The molecular formula is C13H15N3O2. The standard InChI is InChI=1S/C13H15N3O2/c17-12(18)11-7-3-4-8-16(11)13-14-9-5-1-2-6-10(9)15-13/h1-2,5-6,11H,3-4,7-8H2,(H,14,15)(H,17,18). The highest BCUT2D eigenvalue weighted by molar-refractivity contribution is 5.81. The summed E-state index contributed by atoms with van der Waals surface area (Å²) in [6, 6.07) is 7.28. The van der Waals surface area contributed by atoms with Crippen LogP contribution in [0.25, 0.3) is 11.0 Å². The number of benzene rings is 1. The summed E-state index contributed by atoms with van der Waals surface area (Å²) < 4.78 is 0. The maximum atomic E-state index is 11.3. The number of nitrogens with one attached hydrogen (secondary N) is 1. The Morgan fingerprint density at radius 3 is 3.00 bits per heavy atom. The molecule has 0 radical (unpaired) electrons. The molecule has 5 heteroatoms. The molecule has 94 valence electrons. The zero-order valence-corrected chi connectivity index (χ0v) is 9.97. The van der Waals surface area contributed by atoms with Gasteiger partial charge < -0.3 is 15.0 Å². The number of hydrogen-bond donors (Lipinski definition) is 2. The summed E-state index contributed by atoms with van der Waals surface area (Å²) in [6.45, 7) is 0.747. The molecule has 1 aromatic heterocycles. The van der Waals surface area contributed by atoms with E-state index in [1.165, 1.54) is 0 Å². The largest absolute Gasteiger partial charge is 0.480 e. The average Bonchev–Trinajstić information content (AvgIpc) is 2.82. The number of carboxylic acids is 1. The summed E-state index contributed by atoms with van der Waals surface area (Å²) >= 11 is 0. The summed E-state index contributed by atoms with van der Waals surface area (Å²) in [5, 5.41) is 9.26. The first kappa shape index (κ1) is 11.1. The first-order valence-electron chi connectivity index (χ1n) is 6.20. The number of aromatic nitrogens is 2. The number of fused-ring (bicyclic) bond motifs is 1. The highest BCUT2D eigenvalue weighted by atomic mass is 16.4. The first-order chi connectivity index (χ1) is 8.75. The molecule has 1 aromatic carbocycles. The number of piperidine rings is 1. The fourth-order valence-electron chi connectivity index (χ4n) is 2.52. The van der Waals surface area contributed by atoms with Crippen LogP contribution in [-0.2, 0) is 4.79 Å². The van der Waals surface area contributed by atoms with Crippen LogP contribution >= 0.6 is 0 Å². The third-order valence-corrected chi connectivity index (χ3v) is 3.44. The third kappa shape index (κ3) is 1.81. The molecule has 0 amide bonds. The van der Waals surface area contributed by atoms with Crippen molar-refractivity contribution in [1.82, 2.24) is 9.97 Å². The molecule has 1 saturated heterocycles. The van der Waals surface area contributed by atoms with Crippen molar-refractivity contribution in [2.24, 2.45) is 0 Å². The van der Waals surface area contributed by atoms with Gasteiger partial charge in [0.1, 0.15) is 6.04 Å². The lowest BCUT2D eigenvalue weighted by Gasteiger charge is -2.32. The number of aromatic amines is 1. The fraction of sp³-hybridized carbons (Fsp3) is 0.385. The SMILES string of the molecule is O=C(O)C1CCCCN1c1nc2ccccc2[nH]1. The predicted octanol–water partition coefficient (Wildman–Crippen LogP) is 2.01. The number of hydrogen-bond acceptors (Lipinski definition) is 3. The third-order valence-electron chi connectivity index (χ3n) is 3.44. The monoisotopic (exact) mass is 245 g/mol. The molecule has 1 atom stereocenters. The topological polar surface area (TPSA) is 69.2 Å². The summed E-state index contributed by atoms with van der Waals surface area (Å²) in [7, 11) is 0. The highest BCUT2D eigenvalue weighted by Gasteiger charge is 2.30. The number of H-pyrrole nitrogens is 1. The maximum Gasteiger partial charge on any atom is 0.326 e. The van der Waals surface area contributed by atoms with Crippen molar-refractivity contribution in [1.29, 1.82) is 0 Å². The molecule has 2 N–H and O–H groups in total. The second-order valence-electron chi connectivity index (χ2n) is 4.62. The minimum atomic E-state index is -0.768. The van der Waals surface area contributed by atoms with Crippen molar-refractivity contribution in [3.8, 4) is 0 Å². The zero-order chi connectivity index (χ0) is 12.5. The van der Waals surface area contributed by atoms with E-state index in [2.05, 4.69) is 9.97 Å². The maximum absolute atomic E-state index is 11.3. The van der Waals surface area contributed by atoms with Gasteiger partial charge in [0.2, 0.25) is 5.95 Å². The molecule has 5 nitrogen and oxygen atoms in total. The molecular weight excluding hydrogens is 230 g/mol. The fourth-order valence-corrected chi connectivity index (χ4v) is 2.52. The van der Waals surface area contributed by atoms with E-state index in [0.29, 0.717) is 12.4 Å². The van der Waals surface area contributed by atoms with Crippen molar-refractivity contribution < 1.29 is 9.90 Å². The summed E-state index contributed by atoms with van der Waals surface area (Å²) in [4.78, 5) is 20.8. The number of carbonyl (C=O) groups is 1. The Morgan fingerprint density at radius 1 is 1.39 bits per heavy atom. The van der Waals surface area contributed by atoms with E-state index in [-0.39, 0.29) is 0 Å². The lowest BCUT2D eigenvalue weighted by molar-refractivity contribution is -0.139. The van der Waals surface area contributed by atoms with E-state index in [9.17, 15) is 9.90 Å². The van der Waals surface area contributed by atoms with Gasteiger partial charge in [-0.05, 0) is 31.4 Å². The molecule has 1 aliphatic rings. The zero-order valence-electron chi connectivity index (χ0n) is 9.97. The van der Waals surface area contributed by atoms with Crippen LogP contribution in [0.1, 0.15) is 19.3 Å². The smallest absolute Gasteiger partial charge is 0.326 e. The van der Waals surface area contributed by atoms with Crippen LogP contribution < -0.4 is 4.90 Å². The van der Waals surface area contributed by atoms with E-state index in [0.717, 1.165) is 30.4 Å². The molecule has 0 spiro atoms. The van der Waals surface area contributed by atoms with Crippen LogP contribution in [0.3, 0.4) is 0 Å². The Kier molecular flexibility index (Phi) is 2.66. The van der Waals surface area contributed by atoms with Gasteiger partial charge in [-0.15, -0.1) is 0 Å². The van der Waals surface area contributed by atoms with Crippen molar-refractivity contribution in [3.63, 3.8) is 0 Å². The van der Waals surface area contributed by atoms with Crippen molar-refractivity contribution >= 4 is 23.0 Å². The van der Waals surface area contributed by atoms with Crippen LogP contribution in [0.4, 0.5) is 5.95 Å². The van der Waals surface area contributed by atoms with E-state index in [4.69, 9.17) is 0 Å². The molecule has 0 saturated carbocycles. The molecule has 3 rings (SSSR count). The molecule has 1 fully saturated rings. The van der Waals surface area contributed by atoms with Gasteiger partial charge in [0.05, 0.1) is 11.0 Å². The first-order valence-corrected chi connectivity index (χ1v) is 6.20. The molecule has 0 aliphatic carbocycles. The van der Waals surface area contributed by atoms with Gasteiger partial charge >= 0.3 is 5.97 Å². The van der Waals surface area contributed by atoms with Crippen LogP contribution in [-0.4, -0.2) is 33.6 Å². The number of nitrogens with zero attached hydrogens (tertiary/aromatic N) is 2. The van der Waals surface area contributed by atoms with E-state index in [1.54, 1.807) is 0 Å². The van der Waals surface area contributed by atoms with E-state index in [1.807, 2.05) is 29.2 Å². The Labute approximate surface area is 104 Å². The number of anilines is 1. The number of rotatable bonds is 2. The lowest BCUT2D eigenvalue weighted by Crippen LogP contribution is -2.45. The van der Waals surface area contributed by atoms with Crippen LogP contribution in [0.15, 0.2) is 24.3 Å². The minimum Gasteiger partial charge on any atom is -0.480 e. The lowest BCUT2D eigenvalue weighted by atomic mass is 10.0. The molecule has 1 unspecified atom stereocenters. The Morgan fingerprint density at radius 2 is 2.22 bits per heavy atom.